The van der Waals surface area contributed by atoms with E-state index >= 15 is 0 Å². The SMILES string of the molecule is CCc1noc(C2CCC(C(=O)O)(n3ccnc3)CC2)n1. The summed E-state index contributed by atoms with van der Waals surface area (Å²) < 4.78 is 6.99. The third-order valence-corrected chi connectivity index (χ3v) is 4.36. The zero-order chi connectivity index (χ0) is 14.9. The molecular formula is C14H18N4O3. The smallest absolute Gasteiger partial charge is 0.329 e. The molecule has 7 nitrogen and oxygen atoms in total. The van der Waals surface area contributed by atoms with Gasteiger partial charge in [-0.15, -0.1) is 0 Å². The van der Waals surface area contributed by atoms with Gasteiger partial charge in [0, 0.05) is 24.7 Å². The van der Waals surface area contributed by atoms with Crippen LogP contribution < -0.4 is 0 Å². The van der Waals surface area contributed by atoms with Gasteiger partial charge in [0.25, 0.3) is 0 Å². The van der Waals surface area contributed by atoms with Gasteiger partial charge >= 0.3 is 5.97 Å². The van der Waals surface area contributed by atoms with Crippen molar-refractivity contribution in [2.24, 2.45) is 0 Å². The molecule has 7 heteroatoms. The normalized spacial score (nSPS) is 25.9. The lowest BCUT2D eigenvalue weighted by molar-refractivity contribution is -0.149. The predicted molar refractivity (Wildman–Crippen MR) is 72.7 cm³/mol. The largest absolute Gasteiger partial charge is 0.479 e. The highest BCUT2D eigenvalue weighted by atomic mass is 16.5. The topological polar surface area (TPSA) is 94.0 Å². The summed E-state index contributed by atoms with van der Waals surface area (Å²) in [5.41, 5.74) is -0.902. The van der Waals surface area contributed by atoms with Crippen molar-refractivity contribution in [3.05, 3.63) is 30.4 Å². The van der Waals surface area contributed by atoms with E-state index in [1.807, 2.05) is 6.92 Å². The molecule has 2 aromatic heterocycles. The number of carboxylic acid groups (broad SMARTS) is 1. The summed E-state index contributed by atoms with van der Waals surface area (Å²) in [7, 11) is 0. The van der Waals surface area contributed by atoms with Crippen LogP contribution in [0.3, 0.4) is 0 Å². The van der Waals surface area contributed by atoms with Crippen LogP contribution in [0.2, 0.25) is 0 Å². The fourth-order valence-electron chi connectivity index (χ4n) is 3.01. The van der Waals surface area contributed by atoms with Gasteiger partial charge in [-0.25, -0.2) is 9.78 Å². The van der Waals surface area contributed by atoms with Crippen molar-refractivity contribution >= 4 is 5.97 Å². The van der Waals surface area contributed by atoms with Crippen molar-refractivity contribution in [3.63, 3.8) is 0 Å². The molecule has 1 aliphatic carbocycles. The molecule has 2 aromatic rings. The minimum atomic E-state index is -0.902. The van der Waals surface area contributed by atoms with Gasteiger partial charge in [-0.05, 0) is 25.7 Å². The second kappa shape index (κ2) is 5.31. The Hall–Kier alpha value is -2.18. The molecule has 0 aromatic carbocycles. The van der Waals surface area contributed by atoms with Gasteiger partial charge < -0.3 is 14.2 Å². The molecule has 0 saturated heterocycles. The zero-order valence-electron chi connectivity index (χ0n) is 11.9. The second-order valence-corrected chi connectivity index (χ2v) is 5.48. The van der Waals surface area contributed by atoms with Crippen LogP contribution in [0, 0.1) is 0 Å². The molecule has 21 heavy (non-hydrogen) atoms. The number of hydrogen-bond donors (Lipinski definition) is 1. The van der Waals surface area contributed by atoms with Crippen LogP contribution >= 0.6 is 0 Å². The summed E-state index contributed by atoms with van der Waals surface area (Å²) >= 11 is 0. The van der Waals surface area contributed by atoms with E-state index in [-0.39, 0.29) is 5.92 Å². The monoisotopic (exact) mass is 290 g/mol. The molecule has 1 fully saturated rings. The minimum absolute atomic E-state index is 0.147. The van der Waals surface area contributed by atoms with E-state index in [4.69, 9.17) is 4.52 Å². The van der Waals surface area contributed by atoms with Crippen LogP contribution in [0.1, 0.15) is 50.2 Å². The highest BCUT2D eigenvalue weighted by Gasteiger charge is 2.44. The van der Waals surface area contributed by atoms with Crippen molar-refractivity contribution < 1.29 is 14.4 Å². The van der Waals surface area contributed by atoms with Crippen LogP contribution in [0.25, 0.3) is 0 Å². The third kappa shape index (κ3) is 2.32. The molecule has 0 bridgehead atoms. The Balaban J connectivity index is 1.78. The lowest BCUT2D eigenvalue weighted by atomic mass is 9.76. The first kappa shape index (κ1) is 13.8. The van der Waals surface area contributed by atoms with Gasteiger partial charge in [0.1, 0.15) is 5.54 Å². The summed E-state index contributed by atoms with van der Waals surface area (Å²) in [4.78, 5) is 20.1. The van der Waals surface area contributed by atoms with Crippen molar-refractivity contribution in [1.29, 1.82) is 0 Å². The molecule has 0 unspecified atom stereocenters. The molecule has 0 radical (unpaired) electrons. The first-order valence-electron chi connectivity index (χ1n) is 7.20. The maximum absolute atomic E-state index is 11.8. The van der Waals surface area contributed by atoms with Gasteiger partial charge in [0.2, 0.25) is 5.89 Å². The van der Waals surface area contributed by atoms with Crippen LogP contribution in [0.4, 0.5) is 0 Å². The van der Waals surface area contributed by atoms with E-state index in [2.05, 4.69) is 15.1 Å². The summed E-state index contributed by atoms with van der Waals surface area (Å²) in [6.07, 6.45) is 8.16. The summed E-state index contributed by atoms with van der Waals surface area (Å²) in [6.45, 7) is 1.98. The van der Waals surface area contributed by atoms with Gasteiger partial charge in [-0.2, -0.15) is 4.98 Å². The van der Waals surface area contributed by atoms with Gasteiger partial charge in [0.15, 0.2) is 5.82 Å². The standard InChI is InChI=1S/C14H18N4O3/c1-2-11-16-12(21-17-11)10-3-5-14(6-4-10,13(19)20)18-8-7-15-9-18/h7-10H,2-6H2,1H3,(H,19,20). The number of rotatable bonds is 4. The molecule has 0 spiro atoms. The number of hydrogen-bond acceptors (Lipinski definition) is 5. The van der Waals surface area contributed by atoms with Crippen LogP contribution in [0.15, 0.2) is 23.2 Å². The molecule has 0 atom stereocenters. The van der Waals surface area contributed by atoms with Crippen molar-refractivity contribution in [2.75, 3.05) is 0 Å². The average Bonchev–Trinajstić information content (AvgIpc) is 3.18. The maximum atomic E-state index is 11.8. The number of carboxylic acids is 1. The van der Waals surface area contributed by atoms with E-state index in [0.717, 1.165) is 19.3 Å². The number of aryl methyl sites for hydroxylation is 1. The van der Waals surface area contributed by atoms with Crippen LogP contribution in [-0.4, -0.2) is 30.8 Å². The molecular weight excluding hydrogens is 272 g/mol. The quantitative estimate of drug-likeness (QED) is 0.925. The Bertz CT molecular complexity index is 612. The number of aliphatic carboxylic acids is 1. The highest BCUT2D eigenvalue weighted by Crippen LogP contribution is 2.41. The number of nitrogens with zero attached hydrogens (tertiary/aromatic N) is 4. The maximum Gasteiger partial charge on any atom is 0.329 e. The first-order valence-corrected chi connectivity index (χ1v) is 7.20. The number of carbonyl (C=O) groups is 1. The van der Waals surface area contributed by atoms with Crippen LogP contribution in [0.5, 0.6) is 0 Å². The Morgan fingerprint density at radius 3 is 2.81 bits per heavy atom. The molecule has 3 rings (SSSR count). The van der Waals surface area contributed by atoms with E-state index in [9.17, 15) is 9.90 Å². The van der Waals surface area contributed by atoms with Crippen molar-refractivity contribution in [2.45, 2.75) is 50.5 Å². The van der Waals surface area contributed by atoms with E-state index in [0.29, 0.717) is 24.6 Å². The fraction of sp³-hybridized carbons (Fsp3) is 0.571. The van der Waals surface area contributed by atoms with Gasteiger partial charge in [0.05, 0.1) is 6.33 Å². The summed E-state index contributed by atoms with van der Waals surface area (Å²) in [6, 6.07) is 0. The Morgan fingerprint density at radius 2 is 2.29 bits per heavy atom. The first-order chi connectivity index (χ1) is 10.2. The fourth-order valence-corrected chi connectivity index (χ4v) is 3.01. The summed E-state index contributed by atoms with van der Waals surface area (Å²) in [5, 5.41) is 13.6. The molecule has 112 valence electrons. The molecule has 1 N–H and O–H groups in total. The van der Waals surface area contributed by atoms with E-state index < -0.39 is 11.5 Å². The summed E-state index contributed by atoms with van der Waals surface area (Å²) in [5.74, 6) is 0.679. The second-order valence-electron chi connectivity index (χ2n) is 5.48. The van der Waals surface area contributed by atoms with Gasteiger partial charge in [-0.1, -0.05) is 12.1 Å². The van der Waals surface area contributed by atoms with E-state index in [1.165, 1.54) is 0 Å². The zero-order valence-corrected chi connectivity index (χ0v) is 11.9. The van der Waals surface area contributed by atoms with Gasteiger partial charge in [-0.3, -0.25) is 0 Å². The number of imidazole rings is 1. The molecule has 0 amide bonds. The van der Waals surface area contributed by atoms with Crippen molar-refractivity contribution in [3.8, 4) is 0 Å². The molecule has 0 aliphatic heterocycles. The predicted octanol–water partition coefficient (Wildman–Crippen LogP) is 1.97. The number of aromatic nitrogens is 4. The Labute approximate surface area is 122 Å². The average molecular weight is 290 g/mol. The Kier molecular flexibility index (Phi) is 3.48. The Morgan fingerprint density at radius 1 is 1.52 bits per heavy atom. The molecule has 1 saturated carbocycles. The molecule has 2 heterocycles. The third-order valence-electron chi connectivity index (χ3n) is 4.36. The molecule has 1 aliphatic rings. The van der Waals surface area contributed by atoms with Crippen molar-refractivity contribution in [1.82, 2.24) is 19.7 Å². The lowest BCUT2D eigenvalue weighted by Gasteiger charge is -2.36. The minimum Gasteiger partial charge on any atom is -0.479 e. The highest BCUT2D eigenvalue weighted by molar-refractivity contribution is 5.77. The lowest BCUT2D eigenvalue weighted by Crippen LogP contribution is -2.44. The van der Waals surface area contributed by atoms with Crippen LogP contribution in [-0.2, 0) is 16.8 Å². The van der Waals surface area contributed by atoms with E-state index in [1.54, 1.807) is 23.3 Å².